The smallest absolute Gasteiger partial charge is 0.472 e. The number of carbonyl (C=O) groups is 3. The van der Waals surface area contributed by atoms with E-state index >= 15 is 0 Å². The SMILES string of the molecule is CCC=CCC=CCC=CCCCCCCCC(=O)OCC(COP(=O)(O)OCC(N)C(=O)O)OC(=O)CCCCCCC=CCC=CCC=CCCCCC. The molecule has 0 bridgehead atoms. The van der Waals surface area contributed by atoms with Gasteiger partial charge in [0.25, 0.3) is 0 Å². The predicted molar refractivity (Wildman–Crippen MR) is 226 cm³/mol. The van der Waals surface area contributed by atoms with Crippen molar-refractivity contribution in [2.24, 2.45) is 5.73 Å². The number of carbonyl (C=O) groups excluding carboxylic acids is 2. The third-order valence-corrected chi connectivity index (χ3v) is 9.39. The van der Waals surface area contributed by atoms with Crippen LogP contribution in [-0.4, -0.2) is 59.9 Å². The Kier molecular flexibility index (Phi) is 36.6. The van der Waals surface area contributed by atoms with E-state index in [1.807, 2.05) is 0 Å². The zero-order valence-electron chi connectivity index (χ0n) is 34.4. The highest BCUT2D eigenvalue weighted by molar-refractivity contribution is 7.47. The maximum atomic E-state index is 12.6. The zero-order chi connectivity index (χ0) is 41.4. The molecule has 3 atom stereocenters. The predicted octanol–water partition coefficient (Wildman–Crippen LogP) is 10.9. The molecule has 11 nitrogen and oxygen atoms in total. The van der Waals surface area contributed by atoms with Gasteiger partial charge in [0, 0.05) is 12.8 Å². The van der Waals surface area contributed by atoms with Crippen LogP contribution < -0.4 is 5.73 Å². The van der Waals surface area contributed by atoms with Crippen molar-refractivity contribution < 1.29 is 47.5 Å². The van der Waals surface area contributed by atoms with Crippen LogP contribution in [0, 0.1) is 0 Å². The first-order chi connectivity index (χ1) is 27.1. The van der Waals surface area contributed by atoms with Crippen LogP contribution in [0.2, 0.25) is 0 Å². The van der Waals surface area contributed by atoms with Crippen LogP contribution in [-0.2, 0) is 37.5 Å². The van der Waals surface area contributed by atoms with Gasteiger partial charge in [-0.3, -0.25) is 23.4 Å². The molecule has 0 spiro atoms. The molecule has 0 rings (SSSR count). The second kappa shape index (κ2) is 38.8. The number of hydrogen-bond donors (Lipinski definition) is 3. The first-order valence-electron chi connectivity index (χ1n) is 21.0. The topological polar surface area (TPSA) is 172 Å². The van der Waals surface area contributed by atoms with Gasteiger partial charge < -0.3 is 25.2 Å². The molecular formula is C44H74NO10P. The number of phosphoric acid groups is 1. The Morgan fingerprint density at radius 2 is 1.00 bits per heavy atom. The highest BCUT2D eigenvalue weighted by Crippen LogP contribution is 2.43. The molecule has 320 valence electrons. The Hall–Kier alpha value is -3.08. The third kappa shape index (κ3) is 37.8. The summed E-state index contributed by atoms with van der Waals surface area (Å²) in [5, 5.41) is 8.88. The van der Waals surface area contributed by atoms with E-state index in [0.717, 1.165) is 96.3 Å². The lowest BCUT2D eigenvalue weighted by Crippen LogP contribution is -2.34. The van der Waals surface area contributed by atoms with Gasteiger partial charge >= 0.3 is 25.7 Å². The van der Waals surface area contributed by atoms with Crippen LogP contribution in [0.4, 0.5) is 0 Å². The van der Waals surface area contributed by atoms with Crippen molar-refractivity contribution in [3.05, 3.63) is 72.9 Å². The van der Waals surface area contributed by atoms with Crippen molar-refractivity contribution in [1.82, 2.24) is 0 Å². The van der Waals surface area contributed by atoms with Crippen LogP contribution in [0.15, 0.2) is 72.9 Å². The number of esters is 2. The number of allylic oxidation sites excluding steroid dienone is 12. The average molecular weight is 808 g/mol. The minimum atomic E-state index is -4.73. The van der Waals surface area contributed by atoms with Gasteiger partial charge in [0.1, 0.15) is 12.6 Å². The van der Waals surface area contributed by atoms with Crippen LogP contribution >= 0.6 is 7.82 Å². The number of unbranched alkanes of at least 4 members (excludes halogenated alkanes) is 12. The van der Waals surface area contributed by atoms with Crippen LogP contribution in [0.1, 0.15) is 155 Å². The Morgan fingerprint density at radius 3 is 1.50 bits per heavy atom. The van der Waals surface area contributed by atoms with Crippen molar-refractivity contribution in [2.45, 2.75) is 167 Å². The number of carboxylic acid groups (broad SMARTS) is 1. The second-order valence-corrected chi connectivity index (χ2v) is 15.2. The van der Waals surface area contributed by atoms with Gasteiger partial charge in [-0.1, -0.05) is 132 Å². The standard InChI is InChI=1S/C44H74NO10P/c1-3-5-7-9-11-13-15-17-19-20-22-24-26-28-30-32-34-36-43(47)55-40(38-53-56(50,51)54-39-41(45)44(48)49)37-52-42(46)35-33-31-29-27-25-23-21-18-16-14-12-10-8-6-4-2/h6,8,11-14,17-19,21-22,24,40-41H,3-5,7,9-10,15-16,20,23,25-39,45H2,1-2H3,(H,48,49)(H,50,51). The molecule has 0 aromatic carbocycles. The molecule has 0 aliphatic carbocycles. The Morgan fingerprint density at radius 1 is 0.571 bits per heavy atom. The number of hydrogen-bond acceptors (Lipinski definition) is 9. The lowest BCUT2D eigenvalue weighted by atomic mass is 10.1. The van der Waals surface area contributed by atoms with E-state index in [9.17, 15) is 23.8 Å². The van der Waals surface area contributed by atoms with E-state index < -0.39 is 51.1 Å². The number of ether oxygens (including phenoxy) is 2. The largest absolute Gasteiger partial charge is 0.480 e. The number of carboxylic acids is 1. The van der Waals surface area contributed by atoms with Crippen molar-refractivity contribution in [3.63, 3.8) is 0 Å². The van der Waals surface area contributed by atoms with Gasteiger partial charge in [0.2, 0.25) is 0 Å². The summed E-state index contributed by atoms with van der Waals surface area (Å²) in [6, 6.07) is -1.53. The molecular weight excluding hydrogens is 733 g/mol. The van der Waals surface area contributed by atoms with E-state index in [1.165, 1.54) is 19.3 Å². The highest BCUT2D eigenvalue weighted by Gasteiger charge is 2.28. The lowest BCUT2D eigenvalue weighted by molar-refractivity contribution is -0.161. The summed E-state index contributed by atoms with van der Waals surface area (Å²) in [5.74, 6) is -2.44. The normalized spacial score (nSPS) is 14.5. The van der Waals surface area contributed by atoms with Gasteiger partial charge in [-0.25, -0.2) is 4.57 Å². The number of rotatable bonds is 38. The summed E-state index contributed by atoms with van der Waals surface area (Å²) in [5.41, 5.74) is 5.32. The van der Waals surface area contributed by atoms with Gasteiger partial charge in [0.15, 0.2) is 6.10 Å². The third-order valence-electron chi connectivity index (χ3n) is 8.44. The van der Waals surface area contributed by atoms with Crippen LogP contribution in [0.25, 0.3) is 0 Å². The summed E-state index contributed by atoms with van der Waals surface area (Å²) in [4.78, 5) is 45.9. The molecule has 0 aromatic heterocycles. The van der Waals surface area contributed by atoms with Crippen LogP contribution in [0.3, 0.4) is 0 Å². The van der Waals surface area contributed by atoms with Gasteiger partial charge in [-0.2, -0.15) is 0 Å². The van der Waals surface area contributed by atoms with E-state index in [-0.39, 0.29) is 19.4 Å². The maximum absolute atomic E-state index is 12.6. The Balaban J connectivity index is 4.48. The molecule has 0 saturated heterocycles. The van der Waals surface area contributed by atoms with Crippen molar-refractivity contribution >= 4 is 25.7 Å². The maximum Gasteiger partial charge on any atom is 0.472 e. The molecule has 0 aromatic rings. The molecule has 0 aliphatic rings. The molecule has 4 N–H and O–H groups in total. The number of phosphoric ester groups is 1. The molecule has 0 fully saturated rings. The molecule has 0 aliphatic heterocycles. The summed E-state index contributed by atoms with van der Waals surface area (Å²) < 4.78 is 32.6. The Bertz CT molecular complexity index is 1230. The summed E-state index contributed by atoms with van der Waals surface area (Å²) in [6.45, 7) is 2.60. The first-order valence-corrected chi connectivity index (χ1v) is 22.5. The molecule has 0 heterocycles. The van der Waals surface area contributed by atoms with Gasteiger partial charge in [-0.05, 0) is 83.5 Å². The fraction of sp³-hybridized carbons (Fsp3) is 0.659. The molecule has 12 heteroatoms. The molecule has 0 radical (unpaired) electrons. The average Bonchev–Trinajstić information content (AvgIpc) is 3.17. The van der Waals surface area contributed by atoms with Crippen molar-refractivity contribution in [3.8, 4) is 0 Å². The van der Waals surface area contributed by atoms with E-state index in [4.69, 9.17) is 24.8 Å². The first kappa shape index (κ1) is 52.9. The minimum absolute atomic E-state index is 0.128. The van der Waals surface area contributed by atoms with Crippen molar-refractivity contribution in [1.29, 1.82) is 0 Å². The van der Waals surface area contributed by atoms with Gasteiger partial charge in [0.05, 0.1) is 13.2 Å². The minimum Gasteiger partial charge on any atom is -0.480 e. The number of nitrogens with two attached hydrogens (primary N) is 1. The van der Waals surface area contributed by atoms with Crippen LogP contribution in [0.5, 0.6) is 0 Å². The fourth-order valence-corrected chi connectivity index (χ4v) is 5.92. The van der Waals surface area contributed by atoms with E-state index in [0.29, 0.717) is 12.8 Å². The summed E-state index contributed by atoms with van der Waals surface area (Å²) in [7, 11) is -4.73. The summed E-state index contributed by atoms with van der Waals surface area (Å²) >= 11 is 0. The molecule has 3 unspecified atom stereocenters. The van der Waals surface area contributed by atoms with E-state index in [2.05, 4.69) is 91.3 Å². The molecule has 56 heavy (non-hydrogen) atoms. The van der Waals surface area contributed by atoms with Gasteiger partial charge in [-0.15, -0.1) is 0 Å². The monoisotopic (exact) mass is 808 g/mol. The lowest BCUT2D eigenvalue weighted by Gasteiger charge is -2.20. The van der Waals surface area contributed by atoms with Crippen molar-refractivity contribution in [2.75, 3.05) is 19.8 Å². The van der Waals surface area contributed by atoms with E-state index in [1.54, 1.807) is 0 Å². The zero-order valence-corrected chi connectivity index (χ0v) is 35.3. The Labute approximate surface area is 338 Å². The quantitative estimate of drug-likeness (QED) is 0.0235. The molecule has 0 amide bonds. The highest BCUT2D eigenvalue weighted by atomic mass is 31.2. The molecule has 0 saturated carbocycles. The number of aliphatic carboxylic acids is 1. The fourth-order valence-electron chi connectivity index (χ4n) is 5.14. The summed E-state index contributed by atoms with van der Waals surface area (Å²) in [6.07, 6.45) is 45.3. The second-order valence-electron chi connectivity index (χ2n) is 13.7.